The second-order valence-electron chi connectivity index (χ2n) is 8.54. The Morgan fingerprint density at radius 2 is 2.07 bits per heavy atom. The number of amides is 2. The predicted octanol–water partition coefficient (Wildman–Crippen LogP) is 4.94. The van der Waals surface area contributed by atoms with Crippen molar-refractivity contribution in [1.82, 2.24) is 14.8 Å². The average molecular weight is 486 g/mol. The number of hydrogen-bond acceptors (Lipinski definition) is 3. The summed E-state index contributed by atoms with van der Waals surface area (Å²) in [4.78, 5) is 29.0. The van der Waals surface area contributed by atoms with Crippen molar-refractivity contribution in [3.8, 4) is 0 Å². The molecule has 0 saturated heterocycles. The van der Waals surface area contributed by atoms with Crippen molar-refractivity contribution in [3.05, 3.63) is 57.5 Å². The molecular formula is C23H24BrN3O2S. The van der Waals surface area contributed by atoms with Gasteiger partial charge < -0.3 is 14.8 Å². The molecule has 3 heterocycles. The van der Waals surface area contributed by atoms with Crippen LogP contribution in [0.1, 0.15) is 48.7 Å². The fraction of sp³-hybridized carbons (Fsp3) is 0.391. The van der Waals surface area contributed by atoms with Crippen LogP contribution in [-0.4, -0.2) is 32.9 Å². The van der Waals surface area contributed by atoms with Crippen molar-refractivity contribution in [2.75, 3.05) is 0 Å². The van der Waals surface area contributed by atoms with Crippen LogP contribution < -0.4 is 5.32 Å². The normalized spacial score (nSPS) is 21.9. The summed E-state index contributed by atoms with van der Waals surface area (Å²) in [7, 11) is 0. The van der Waals surface area contributed by atoms with Crippen molar-refractivity contribution in [2.45, 2.75) is 57.3 Å². The van der Waals surface area contributed by atoms with Crippen LogP contribution in [0.4, 0.5) is 0 Å². The molecule has 1 aliphatic heterocycles. The van der Waals surface area contributed by atoms with E-state index in [1.807, 2.05) is 53.3 Å². The third-order valence-corrected chi connectivity index (χ3v) is 7.80. The fourth-order valence-corrected chi connectivity index (χ4v) is 6.02. The third-order valence-electron chi connectivity index (χ3n) is 6.46. The lowest BCUT2D eigenvalue weighted by Gasteiger charge is -2.44. The summed E-state index contributed by atoms with van der Waals surface area (Å²) in [6.45, 7) is 2.76. The van der Waals surface area contributed by atoms with Crippen LogP contribution in [0.25, 0.3) is 10.2 Å². The van der Waals surface area contributed by atoms with E-state index in [0.29, 0.717) is 18.8 Å². The van der Waals surface area contributed by atoms with Gasteiger partial charge in [-0.25, -0.2) is 0 Å². The molecule has 0 bridgehead atoms. The number of hydrogen-bond donors (Lipinski definition) is 1. The second kappa shape index (κ2) is 7.54. The molecule has 1 N–H and O–H groups in total. The Bertz CT molecular complexity index is 1130. The van der Waals surface area contributed by atoms with Gasteiger partial charge in [0.1, 0.15) is 11.2 Å². The maximum absolute atomic E-state index is 13.6. The number of rotatable bonds is 4. The van der Waals surface area contributed by atoms with E-state index in [1.165, 1.54) is 0 Å². The van der Waals surface area contributed by atoms with Crippen molar-refractivity contribution in [2.24, 2.45) is 0 Å². The zero-order chi connectivity index (χ0) is 20.9. The molecule has 30 heavy (non-hydrogen) atoms. The first kappa shape index (κ1) is 19.8. The van der Waals surface area contributed by atoms with Crippen LogP contribution in [-0.2, 0) is 17.9 Å². The molecule has 5 rings (SSSR count). The van der Waals surface area contributed by atoms with Crippen LogP contribution >= 0.6 is 27.3 Å². The molecule has 1 atom stereocenters. The first-order valence-electron chi connectivity index (χ1n) is 10.4. The Morgan fingerprint density at radius 3 is 2.83 bits per heavy atom. The zero-order valence-electron chi connectivity index (χ0n) is 16.9. The molecule has 2 aromatic heterocycles. The number of fused-ring (bicyclic) bond motifs is 3. The SMILES string of the molecule is C[C@]1(C(=O)NC2CCCC2)Cn2c(cc3sccc32)C(=O)N1Cc1cccc(Br)c1. The van der Waals surface area contributed by atoms with Gasteiger partial charge in [-0.05, 0) is 55.0 Å². The van der Waals surface area contributed by atoms with Gasteiger partial charge in [-0.1, -0.05) is 40.9 Å². The van der Waals surface area contributed by atoms with Gasteiger partial charge in [-0.15, -0.1) is 11.3 Å². The van der Waals surface area contributed by atoms with Crippen molar-refractivity contribution in [3.63, 3.8) is 0 Å². The summed E-state index contributed by atoms with van der Waals surface area (Å²) in [5, 5.41) is 5.28. The Hall–Kier alpha value is -2.12. The van der Waals surface area contributed by atoms with Crippen molar-refractivity contribution < 1.29 is 9.59 Å². The summed E-state index contributed by atoms with van der Waals surface area (Å²) in [5.74, 6) is -0.144. The molecular weight excluding hydrogens is 462 g/mol. The van der Waals surface area contributed by atoms with E-state index in [4.69, 9.17) is 0 Å². The van der Waals surface area contributed by atoms with Gasteiger partial charge in [0.25, 0.3) is 5.91 Å². The minimum atomic E-state index is -0.955. The minimum Gasteiger partial charge on any atom is -0.351 e. The maximum atomic E-state index is 13.6. The highest BCUT2D eigenvalue weighted by Gasteiger charge is 2.48. The first-order valence-corrected chi connectivity index (χ1v) is 12.1. The lowest BCUT2D eigenvalue weighted by Crippen LogP contribution is -2.64. The monoisotopic (exact) mass is 485 g/mol. The lowest BCUT2D eigenvalue weighted by atomic mass is 9.93. The molecule has 5 nitrogen and oxygen atoms in total. The van der Waals surface area contributed by atoms with Crippen molar-refractivity contribution >= 4 is 49.3 Å². The van der Waals surface area contributed by atoms with E-state index in [9.17, 15) is 9.59 Å². The minimum absolute atomic E-state index is 0.0551. The smallest absolute Gasteiger partial charge is 0.271 e. The summed E-state index contributed by atoms with van der Waals surface area (Å²) in [6.07, 6.45) is 4.34. The van der Waals surface area contributed by atoms with Crippen LogP contribution in [0.15, 0.2) is 46.3 Å². The standard InChI is InChI=1S/C23H24BrN3O2S/c1-23(22(29)25-17-7-2-3-8-17)14-26-18-9-10-30-20(18)12-19(26)21(28)27(23)13-15-5-4-6-16(24)11-15/h4-6,9-12,17H,2-3,7-8,13-14H2,1H3,(H,25,29)/t23-/m1/s1. The van der Waals surface area contributed by atoms with E-state index in [0.717, 1.165) is 45.9 Å². The van der Waals surface area contributed by atoms with Gasteiger partial charge in [0.05, 0.1) is 16.8 Å². The molecule has 1 fully saturated rings. The van der Waals surface area contributed by atoms with Crippen LogP contribution in [0.3, 0.4) is 0 Å². The number of carbonyl (C=O) groups excluding carboxylic acids is 2. The Labute approximate surface area is 188 Å². The number of aromatic nitrogens is 1. The summed E-state index contributed by atoms with van der Waals surface area (Å²) in [5.41, 5.74) is 1.74. The Balaban J connectivity index is 1.55. The molecule has 1 aliphatic carbocycles. The largest absolute Gasteiger partial charge is 0.351 e. The molecule has 7 heteroatoms. The third kappa shape index (κ3) is 3.28. The number of halogens is 1. The van der Waals surface area contributed by atoms with Crippen LogP contribution in [0.5, 0.6) is 0 Å². The number of carbonyl (C=O) groups is 2. The van der Waals surface area contributed by atoms with Gasteiger partial charge in [0.15, 0.2) is 0 Å². The Kier molecular flexibility index (Phi) is 4.98. The van der Waals surface area contributed by atoms with Gasteiger partial charge in [0, 0.05) is 17.1 Å². The number of nitrogens with one attached hydrogen (secondary N) is 1. The summed E-state index contributed by atoms with van der Waals surface area (Å²) in [6, 6.07) is 12.1. The molecule has 0 unspecified atom stereocenters. The molecule has 2 amide bonds. The van der Waals surface area contributed by atoms with Crippen molar-refractivity contribution in [1.29, 1.82) is 0 Å². The number of nitrogens with zero attached hydrogens (tertiary/aromatic N) is 2. The van der Waals surface area contributed by atoms with Crippen LogP contribution in [0.2, 0.25) is 0 Å². The van der Waals surface area contributed by atoms with E-state index >= 15 is 0 Å². The summed E-state index contributed by atoms with van der Waals surface area (Å²) < 4.78 is 4.08. The van der Waals surface area contributed by atoms with Gasteiger partial charge in [-0.3, -0.25) is 9.59 Å². The Morgan fingerprint density at radius 1 is 1.27 bits per heavy atom. The van der Waals surface area contributed by atoms with Gasteiger partial charge >= 0.3 is 0 Å². The molecule has 0 radical (unpaired) electrons. The van der Waals surface area contributed by atoms with E-state index < -0.39 is 5.54 Å². The van der Waals surface area contributed by atoms with E-state index in [2.05, 4.69) is 21.2 Å². The fourth-order valence-electron chi connectivity index (χ4n) is 4.75. The number of thiophene rings is 1. The maximum Gasteiger partial charge on any atom is 0.271 e. The predicted molar refractivity (Wildman–Crippen MR) is 123 cm³/mol. The highest BCUT2D eigenvalue weighted by atomic mass is 79.9. The highest BCUT2D eigenvalue weighted by Crippen LogP contribution is 2.35. The lowest BCUT2D eigenvalue weighted by molar-refractivity contribution is -0.133. The zero-order valence-corrected chi connectivity index (χ0v) is 19.3. The second-order valence-corrected chi connectivity index (χ2v) is 10.4. The van der Waals surface area contributed by atoms with E-state index in [1.54, 1.807) is 16.2 Å². The highest BCUT2D eigenvalue weighted by molar-refractivity contribution is 9.10. The molecule has 1 aromatic carbocycles. The summed E-state index contributed by atoms with van der Waals surface area (Å²) >= 11 is 5.14. The molecule has 0 spiro atoms. The first-order chi connectivity index (χ1) is 14.5. The quantitative estimate of drug-likeness (QED) is 0.568. The average Bonchev–Trinajstić information content (AvgIpc) is 3.44. The molecule has 3 aromatic rings. The molecule has 2 aliphatic rings. The number of benzene rings is 1. The van der Waals surface area contributed by atoms with E-state index in [-0.39, 0.29) is 17.9 Å². The molecule has 1 saturated carbocycles. The molecule has 156 valence electrons. The van der Waals surface area contributed by atoms with Gasteiger partial charge in [0.2, 0.25) is 5.91 Å². The van der Waals surface area contributed by atoms with Gasteiger partial charge in [-0.2, -0.15) is 0 Å². The van der Waals surface area contributed by atoms with Crippen LogP contribution in [0, 0.1) is 0 Å². The topological polar surface area (TPSA) is 54.3 Å².